The molecule has 0 saturated carbocycles. The van der Waals surface area contributed by atoms with E-state index in [4.69, 9.17) is 0 Å². The highest BCUT2D eigenvalue weighted by atomic mass is 16.3. The fourth-order valence-electron chi connectivity index (χ4n) is 2.30. The van der Waals surface area contributed by atoms with E-state index < -0.39 is 0 Å². The van der Waals surface area contributed by atoms with E-state index in [2.05, 4.69) is 33.0 Å². The molecule has 0 aromatic heterocycles. The Morgan fingerprint density at radius 2 is 1.65 bits per heavy atom. The lowest BCUT2D eigenvalue weighted by atomic mass is 9.96. The van der Waals surface area contributed by atoms with E-state index in [9.17, 15) is 5.11 Å². The Kier molecular flexibility index (Phi) is 11.0. The molecule has 2 unspecified atom stereocenters. The minimum Gasteiger partial charge on any atom is -0.392 e. The molecule has 104 valence electrons. The first-order chi connectivity index (χ1) is 8.15. The predicted molar refractivity (Wildman–Crippen MR) is 76.3 cm³/mol. The molecular weight excluding hydrogens is 210 g/mol. The van der Waals surface area contributed by atoms with Gasteiger partial charge >= 0.3 is 0 Å². The van der Waals surface area contributed by atoms with Gasteiger partial charge in [0.05, 0.1) is 6.10 Å². The zero-order chi connectivity index (χ0) is 13.1. The van der Waals surface area contributed by atoms with E-state index in [1.54, 1.807) is 0 Å². The highest BCUT2D eigenvalue weighted by molar-refractivity contribution is 4.71. The van der Waals surface area contributed by atoms with Gasteiger partial charge in [-0.2, -0.15) is 0 Å². The summed E-state index contributed by atoms with van der Waals surface area (Å²) in [6, 6.07) is 0.538. The molecule has 0 bridgehead atoms. The fourth-order valence-corrected chi connectivity index (χ4v) is 2.30. The van der Waals surface area contributed by atoms with Crippen LogP contribution in [0.3, 0.4) is 0 Å². The van der Waals surface area contributed by atoms with Gasteiger partial charge in [-0.3, -0.25) is 0 Å². The van der Waals surface area contributed by atoms with Crippen LogP contribution in [0.15, 0.2) is 0 Å². The SMILES string of the molecule is CCCCCCC(C)NCC(O)C(CC)CC. The molecule has 0 amide bonds. The number of nitrogens with one attached hydrogen (secondary N) is 1. The van der Waals surface area contributed by atoms with E-state index in [-0.39, 0.29) is 6.10 Å². The number of aliphatic hydroxyl groups is 1. The zero-order valence-corrected chi connectivity index (χ0v) is 12.3. The molecule has 0 heterocycles. The third kappa shape index (κ3) is 8.62. The standard InChI is InChI=1S/C15H33NO/c1-5-8-9-10-11-13(4)16-12-15(17)14(6-2)7-3/h13-17H,5-12H2,1-4H3. The average molecular weight is 243 g/mol. The van der Waals surface area contributed by atoms with Crippen molar-refractivity contribution in [2.45, 2.75) is 84.8 Å². The molecule has 0 aromatic rings. The van der Waals surface area contributed by atoms with Crippen LogP contribution in [-0.4, -0.2) is 23.8 Å². The first kappa shape index (κ1) is 16.9. The molecule has 17 heavy (non-hydrogen) atoms. The van der Waals surface area contributed by atoms with Gasteiger partial charge in [-0.05, 0) is 19.3 Å². The number of hydrogen-bond donors (Lipinski definition) is 2. The minimum absolute atomic E-state index is 0.178. The van der Waals surface area contributed by atoms with Gasteiger partial charge in [-0.1, -0.05) is 59.3 Å². The number of aliphatic hydroxyl groups excluding tert-OH is 1. The van der Waals surface area contributed by atoms with Gasteiger partial charge < -0.3 is 10.4 Å². The largest absolute Gasteiger partial charge is 0.392 e. The quantitative estimate of drug-likeness (QED) is 0.542. The molecule has 0 fully saturated rings. The van der Waals surface area contributed by atoms with Crippen LogP contribution in [-0.2, 0) is 0 Å². The van der Waals surface area contributed by atoms with Crippen LogP contribution in [0.1, 0.15) is 72.6 Å². The van der Waals surface area contributed by atoms with Crippen LogP contribution >= 0.6 is 0 Å². The van der Waals surface area contributed by atoms with E-state index in [0.717, 1.165) is 19.4 Å². The van der Waals surface area contributed by atoms with Crippen LogP contribution in [0.4, 0.5) is 0 Å². The molecule has 2 heteroatoms. The summed E-state index contributed by atoms with van der Waals surface area (Å²) in [4.78, 5) is 0. The lowest BCUT2D eigenvalue weighted by Crippen LogP contribution is -2.37. The van der Waals surface area contributed by atoms with Crippen molar-refractivity contribution in [1.82, 2.24) is 5.32 Å². The van der Waals surface area contributed by atoms with Gasteiger partial charge in [0.1, 0.15) is 0 Å². The monoisotopic (exact) mass is 243 g/mol. The Labute approximate surface area is 108 Å². The molecule has 0 rings (SSSR count). The Hall–Kier alpha value is -0.0800. The summed E-state index contributed by atoms with van der Waals surface area (Å²) in [5.41, 5.74) is 0. The summed E-state index contributed by atoms with van der Waals surface area (Å²) in [7, 11) is 0. The second-order valence-electron chi connectivity index (χ2n) is 5.30. The molecule has 0 aromatic carbocycles. The summed E-state index contributed by atoms with van der Waals surface area (Å²) < 4.78 is 0. The first-order valence-corrected chi connectivity index (χ1v) is 7.57. The smallest absolute Gasteiger partial charge is 0.0692 e. The molecular formula is C15H33NO. The first-order valence-electron chi connectivity index (χ1n) is 7.57. The van der Waals surface area contributed by atoms with Gasteiger partial charge in [-0.25, -0.2) is 0 Å². The van der Waals surface area contributed by atoms with Crippen LogP contribution in [0.25, 0.3) is 0 Å². The van der Waals surface area contributed by atoms with Crippen molar-refractivity contribution in [1.29, 1.82) is 0 Å². The highest BCUT2D eigenvalue weighted by Crippen LogP contribution is 2.13. The summed E-state index contributed by atoms with van der Waals surface area (Å²) in [5, 5.41) is 13.5. The summed E-state index contributed by atoms with van der Waals surface area (Å²) >= 11 is 0. The Balaban J connectivity index is 3.57. The Morgan fingerprint density at radius 1 is 1.00 bits per heavy atom. The van der Waals surface area contributed by atoms with Crippen molar-refractivity contribution >= 4 is 0 Å². The van der Waals surface area contributed by atoms with Crippen molar-refractivity contribution in [3.05, 3.63) is 0 Å². The van der Waals surface area contributed by atoms with Gasteiger partial charge in [0.25, 0.3) is 0 Å². The molecule has 0 aliphatic heterocycles. The molecule has 0 aliphatic carbocycles. The van der Waals surface area contributed by atoms with Crippen LogP contribution in [0, 0.1) is 5.92 Å². The average Bonchev–Trinajstić information content (AvgIpc) is 2.33. The van der Waals surface area contributed by atoms with Crippen molar-refractivity contribution in [2.24, 2.45) is 5.92 Å². The van der Waals surface area contributed by atoms with Crippen molar-refractivity contribution < 1.29 is 5.11 Å². The maximum absolute atomic E-state index is 10.0. The van der Waals surface area contributed by atoms with Crippen molar-refractivity contribution in [3.8, 4) is 0 Å². The molecule has 0 radical (unpaired) electrons. The predicted octanol–water partition coefficient (Wildman–Crippen LogP) is 3.73. The second-order valence-corrected chi connectivity index (χ2v) is 5.30. The molecule has 0 aliphatic rings. The third-order valence-electron chi connectivity index (χ3n) is 3.76. The van der Waals surface area contributed by atoms with Crippen LogP contribution in [0.2, 0.25) is 0 Å². The number of rotatable bonds is 11. The zero-order valence-electron chi connectivity index (χ0n) is 12.3. The lowest BCUT2D eigenvalue weighted by Gasteiger charge is -2.22. The number of hydrogen-bond acceptors (Lipinski definition) is 2. The van der Waals surface area contributed by atoms with Gasteiger partial charge in [-0.15, -0.1) is 0 Å². The Morgan fingerprint density at radius 3 is 2.18 bits per heavy atom. The molecule has 0 saturated heterocycles. The van der Waals surface area contributed by atoms with Gasteiger partial charge in [0, 0.05) is 12.6 Å². The van der Waals surface area contributed by atoms with Gasteiger partial charge in [0.2, 0.25) is 0 Å². The van der Waals surface area contributed by atoms with Crippen molar-refractivity contribution in [2.75, 3.05) is 6.54 Å². The minimum atomic E-state index is -0.178. The third-order valence-corrected chi connectivity index (χ3v) is 3.76. The molecule has 2 N–H and O–H groups in total. The summed E-state index contributed by atoms with van der Waals surface area (Å²) in [5.74, 6) is 0.454. The van der Waals surface area contributed by atoms with Gasteiger partial charge in [0.15, 0.2) is 0 Å². The summed E-state index contributed by atoms with van der Waals surface area (Å²) in [6.45, 7) is 9.54. The maximum atomic E-state index is 10.0. The Bertz CT molecular complexity index is 157. The van der Waals surface area contributed by atoms with E-state index in [1.807, 2.05) is 0 Å². The summed E-state index contributed by atoms with van der Waals surface area (Å²) in [6.07, 6.45) is 8.51. The maximum Gasteiger partial charge on any atom is 0.0692 e. The van der Waals surface area contributed by atoms with E-state index in [1.165, 1.54) is 32.1 Å². The van der Waals surface area contributed by atoms with E-state index in [0.29, 0.717) is 12.0 Å². The van der Waals surface area contributed by atoms with Crippen LogP contribution in [0.5, 0.6) is 0 Å². The number of unbranched alkanes of at least 4 members (excludes halogenated alkanes) is 3. The topological polar surface area (TPSA) is 32.3 Å². The molecule has 2 atom stereocenters. The normalized spacial score (nSPS) is 15.2. The highest BCUT2D eigenvalue weighted by Gasteiger charge is 2.15. The van der Waals surface area contributed by atoms with Crippen LogP contribution < -0.4 is 5.32 Å². The lowest BCUT2D eigenvalue weighted by molar-refractivity contribution is 0.0984. The van der Waals surface area contributed by atoms with Crippen molar-refractivity contribution in [3.63, 3.8) is 0 Å². The van der Waals surface area contributed by atoms with E-state index >= 15 is 0 Å². The molecule has 2 nitrogen and oxygen atoms in total. The fraction of sp³-hybridized carbons (Fsp3) is 1.00. The second kappa shape index (κ2) is 11.0. The molecule has 0 spiro atoms.